The van der Waals surface area contributed by atoms with Crippen LogP contribution in [0.4, 0.5) is 4.39 Å². The Labute approximate surface area is 128 Å². The van der Waals surface area contributed by atoms with E-state index in [9.17, 15) is 9.18 Å². The fraction of sp³-hybridized carbons (Fsp3) is 0.438. The van der Waals surface area contributed by atoms with Gasteiger partial charge in [0.15, 0.2) is 5.82 Å². The monoisotopic (exact) mass is 305 g/mol. The van der Waals surface area contributed by atoms with Crippen molar-refractivity contribution in [1.29, 1.82) is 0 Å². The standard InChI is InChI=1S/C16H20FN3O2/c1-16(2,3)15-19-13(20-22-15)8-9-18-14(21)10-11-4-6-12(17)7-5-11/h4-7H,8-10H2,1-3H3,(H,18,21). The van der Waals surface area contributed by atoms with Crippen LogP contribution in [-0.2, 0) is 23.1 Å². The van der Waals surface area contributed by atoms with Crippen molar-refractivity contribution in [3.05, 3.63) is 47.4 Å². The average molecular weight is 305 g/mol. The van der Waals surface area contributed by atoms with Gasteiger partial charge >= 0.3 is 0 Å². The van der Waals surface area contributed by atoms with Crippen LogP contribution in [0.25, 0.3) is 0 Å². The molecule has 6 heteroatoms. The van der Waals surface area contributed by atoms with Crippen molar-refractivity contribution in [2.24, 2.45) is 0 Å². The normalized spacial score (nSPS) is 11.5. The lowest BCUT2D eigenvalue weighted by Crippen LogP contribution is -2.27. The van der Waals surface area contributed by atoms with Crippen LogP contribution >= 0.6 is 0 Å². The first-order valence-corrected chi connectivity index (χ1v) is 7.19. The Kier molecular flexibility index (Phi) is 4.90. The van der Waals surface area contributed by atoms with Crippen LogP contribution in [0, 0.1) is 5.82 Å². The second-order valence-corrected chi connectivity index (χ2v) is 6.17. The molecule has 1 aromatic heterocycles. The summed E-state index contributed by atoms with van der Waals surface area (Å²) in [5.41, 5.74) is 0.588. The highest BCUT2D eigenvalue weighted by Gasteiger charge is 2.21. The molecular weight excluding hydrogens is 285 g/mol. The minimum Gasteiger partial charge on any atom is -0.355 e. The Bertz CT molecular complexity index is 630. The van der Waals surface area contributed by atoms with E-state index in [2.05, 4.69) is 15.5 Å². The summed E-state index contributed by atoms with van der Waals surface area (Å²) in [6.45, 7) is 6.42. The summed E-state index contributed by atoms with van der Waals surface area (Å²) in [5, 5.41) is 6.68. The Balaban J connectivity index is 1.77. The maximum atomic E-state index is 12.8. The smallest absolute Gasteiger partial charge is 0.232 e. The minimum absolute atomic E-state index is 0.119. The van der Waals surface area contributed by atoms with E-state index >= 15 is 0 Å². The molecular formula is C16H20FN3O2. The highest BCUT2D eigenvalue weighted by molar-refractivity contribution is 5.78. The molecule has 2 aromatic rings. The molecule has 0 saturated heterocycles. The van der Waals surface area contributed by atoms with Crippen LogP contribution < -0.4 is 5.32 Å². The maximum Gasteiger partial charge on any atom is 0.232 e. The predicted molar refractivity (Wildman–Crippen MR) is 79.8 cm³/mol. The number of halogens is 1. The molecule has 1 heterocycles. The number of hydrogen-bond donors (Lipinski definition) is 1. The number of nitrogens with zero attached hydrogens (tertiary/aromatic N) is 2. The summed E-state index contributed by atoms with van der Waals surface area (Å²) in [6, 6.07) is 5.89. The predicted octanol–water partition coefficient (Wildman–Crippen LogP) is 2.41. The number of benzene rings is 1. The second kappa shape index (κ2) is 6.68. The van der Waals surface area contributed by atoms with Gasteiger partial charge in [0.25, 0.3) is 0 Å². The van der Waals surface area contributed by atoms with E-state index in [-0.39, 0.29) is 23.6 Å². The molecule has 0 spiro atoms. The first kappa shape index (κ1) is 16.1. The molecule has 22 heavy (non-hydrogen) atoms. The van der Waals surface area contributed by atoms with E-state index < -0.39 is 0 Å². The molecule has 0 saturated carbocycles. The molecule has 0 aliphatic carbocycles. The lowest BCUT2D eigenvalue weighted by atomic mass is 9.97. The third kappa shape index (κ3) is 4.65. The summed E-state index contributed by atoms with van der Waals surface area (Å²) >= 11 is 0. The van der Waals surface area contributed by atoms with E-state index in [1.165, 1.54) is 12.1 Å². The van der Waals surface area contributed by atoms with Gasteiger partial charge in [0.05, 0.1) is 6.42 Å². The third-order valence-corrected chi connectivity index (χ3v) is 3.06. The van der Waals surface area contributed by atoms with Crippen LogP contribution in [0.3, 0.4) is 0 Å². The summed E-state index contributed by atoms with van der Waals surface area (Å²) in [4.78, 5) is 16.1. The topological polar surface area (TPSA) is 68.0 Å². The van der Waals surface area contributed by atoms with Crippen molar-refractivity contribution in [3.63, 3.8) is 0 Å². The summed E-state index contributed by atoms with van der Waals surface area (Å²) in [5.74, 6) is 0.731. The molecule has 0 atom stereocenters. The maximum absolute atomic E-state index is 12.8. The number of rotatable bonds is 5. The molecule has 0 bridgehead atoms. The van der Waals surface area contributed by atoms with Gasteiger partial charge in [-0.15, -0.1) is 0 Å². The fourth-order valence-electron chi connectivity index (χ4n) is 1.82. The van der Waals surface area contributed by atoms with E-state index in [0.29, 0.717) is 24.7 Å². The van der Waals surface area contributed by atoms with E-state index in [1.54, 1.807) is 12.1 Å². The third-order valence-electron chi connectivity index (χ3n) is 3.06. The van der Waals surface area contributed by atoms with Gasteiger partial charge < -0.3 is 9.84 Å². The van der Waals surface area contributed by atoms with Crippen LogP contribution in [0.15, 0.2) is 28.8 Å². The Morgan fingerprint density at radius 1 is 1.27 bits per heavy atom. The van der Waals surface area contributed by atoms with E-state index in [4.69, 9.17) is 4.52 Å². The van der Waals surface area contributed by atoms with Crippen LogP contribution in [0.1, 0.15) is 38.0 Å². The van der Waals surface area contributed by atoms with E-state index in [1.807, 2.05) is 20.8 Å². The van der Waals surface area contributed by atoms with Crippen LogP contribution in [0.5, 0.6) is 0 Å². The molecule has 2 rings (SSSR count). The molecule has 1 N–H and O–H groups in total. The van der Waals surface area contributed by atoms with Crippen molar-refractivity contribution >= 4 is 5.91 Å². The highest BCUT2D eigenvalue weighted by Crippen LogP contribution is 2.19. The zero-order valence-electron chi connectivity index (χ0n) is 13.0. The molecule has 0 aliphatic rings. The van der Waals surface area contributed by atoms with Crippen molar-refractivity contribution in [2.75, 3.05) is 6.54 Å². The summed E-state index contributed by atoms with van der Waals surface area (Å²) in [6.07, 6.45) is 0.731. The highest BCUT2D eigenvalue weighted by atomic mass is 19.1. The van der Waals surface area contributed by atoms with Gasteiger partial charge in [-0.05, 0) is 17.7 Å². The average Bonchev–Trinajstić information content (AvgIpc) is 2.90. The van der Waals surface area contributed by atoms with Gasteiger partial charge in [-0.1, -0.05) is 38.1 Å². The zero-order chi connectivity index (χ0) is 16.2. The number of hydrogen-bond acceptors (Lipinski definition) is 4. The number of nitrogens with one attached hydrogen (secondary N) is 1. The molecule has 0 unspecified atom stereocenters. The molecule has 1 amide bonds. The molecule has 5 nitrogen and oxygen atoms in total. The van der Waals surface area contributed by atoms with Crippen molar-refractivity contribution in [1.82, 2.24) is 15.5 Å². The number of amides is 1. The molecule has 0 fully saturated rings. The van der Waals surface area contributed by atoms with Gasteiger partial charge in [-0.2, -0.15) is 4.98 Å². The van der Waals surface area contributed by atoms with Gasteiger partial charge in [-0.25, -0.2) is 4.39 Å². The van der Waals surface area contributed by atoms with E-state index in [0.717, 1.165) is 5.56 Å². The number of carbonyl (C=O) groups is 1. The quantitative estimate of drug-likeness (QED) is 0.921. The van der Waals surface area contributed by atoms with Crippen molar-refractivity contribution in [3.8, 4) is 0 Å². The molecule has 0 aliphatic heterocycles. The van der Waals surface area contributed by atoms with Gasteiger partial charge in [0.2, 0.25) is 11.8 Å². The molecule has 0 radical (unpaired) electrons. The van der Waals surface area contributed by atoms with Crippen molar-refractivity contribution < 1.29 is 13.7 Å². The Morgan fingerprint density at radius 3 is 2.55 bits per heavy atom. The summed E-state index contributed by atoms with van der Waals surface area (Å²) < 4.78 is 18.0. The second-order valence-electron chi connectivity index (χ2n) is 6.17. The largest absolute Gasteiger partial charge is 0.355 e. The molecule has 118 valence electrons. The zero-order valence-corrected chi connectivity index (χ0v) is 13.0. The van der Waals surface area contributed by atoms with Crippen LogP contribution in [-0.4, -0.2) is 22.6 Å². The van der Waals surface area contributed by atoms with Gasteiger partial charge in [0.1, 0.15) is 5.82 Å². The van der Waals surface area contributed by atoms with Crippen LogP contribution in [0.2, 0.25) is 0 Å². The lowest BCUT2D eigenvalue weighted by Gasteiger charge is -2.10. The summed E-state index contributed by atoms with van der Waals surface area (Å²) in [7, 11) is 0. The lowest BCUT2D eigenvalue weighted by molar-refractivity contribution is -0.120. The SMILES string of the molecule is CC(C)(C)c1nc(CCNC(=O)Cc2ccc(F)cc2)no1. The number of carbonyl (C=O) groups excluding carboxylic acids is 1. The number of aromatic nitrogens is 2. The Hall–Kier alpha value is -2.24. The fourth-order valence-corrected chi connectivity index (χ4v) is 1.82. The Morgan fingerprint density at radius 2 is 1.95 bits per heavy atom. The van der Waals surface area contributed by atoms with Gasteiger partial charge in [0, 0.05) is 18.4 Å². The minimum atomic E-state index is -0.309. The molecule has 1 aromatic carbocycles. The first-order chi connectivity index (χ1) is 10.3. The first-order valence-electron chi connectivity index (χ1n) is 7.19. The van der Waals surface area contributed by atoms with Crippen molar-refractivity contribution in [2.45, 2.75) is 39.0 Å². The van der Waals surface area contributed by atoms with Gasteiger partial charge in [-0.3, -0.25) is 4.79 Å².